The third kappa shape index (κ3) is 1.26. The van der Waals surface area contributed by atoms with Crippen LogP contribution in [0.25, 0.3) is 0 Å². The first kappa shape index (κ1) is 6.80. The van der Waals surface area contributed by atoms with Crippen LogP contribution in [0.3, 0.4) is 0 Å². The molecule has 0 radical (unpaired) electrons. The van der Waals surface area contributed by atoms with Crippen molar-refractivity contribution in [3.05, 3.63) is 29.6 Å². The van der Waals surface area contributed by atoms with Crippen molar-refractivity contribution in [3.63, 3.8) is 0 Å². The van der Waals surface area contributed by atoms with Gasteiger partial charge in [-0.2, -0.15) is 0 Å². The van der Waals surface area contributed by atoms with E-state index in [-0.39, 0.29) is 0 Å². The first-order valence-electron chi connectivity index (χ1n) is 4.03. The molecule has 1 saturated heterocycles. The topological polar surface area (TPSA) is 24.9 Å². The maximum absolute atomic E-state index is 4.43. The highest BCUT2D eigenvalue weighted by Crippen LogP contribution is 2.20. The lowest BCUT2D eigenvalue weighted by atomic mass is 10.0. The minimum absolute atomic E-state index is 0.523. The molecule has 1 aromatic heterocycles. The summed E-state index contributed by atoms with van der Waals surface area (Å²) in [5, 5.41) is 3.33. The molecule has 1 aromatic rings. The molecule has 0 bridgehead atoms. The van der Waals surface area contributed by atoms with Gasteiger partial charge in [-0.1, -0.05) is 6.07 Å². The summed E-state index contributed by atoms with van der Waals surface area (Å²) in [6, 6.07) is 6.71. The normalized spacial score (nSPS) is 22.8. The van der Waals surface area contributed by atoms with E-state index in [1.165, 1.54) is 12.1 Å². The standard InChI is InChI=1S/C9H12N2/c1-7-3-2-4-9(11-7)8-5-6-10-8/h2-4,8,10H,5-6H2,1H3. The van der Waals surface area contributed by atoms with Gasteiger partial charge in [0.2, 0.25) is 0 Å². The van der Waals surface area contributed by atoms with E-state index in [9.17, 15) is 0 Å². The highest BCUT2D eigenvalue weighted by Gasteiger charge is 2.18. The first-order chi connectivity index (χ1) is 5.36. The number of pyridine rings is 1. The largest absolute Gasteiger partial charge is 0.309 e. The molecular formula is C9H12N2. The summed E-state index contributed by atoms with van der Waals surface area (Å²) in [4.78, 5) is 4.43. The Bertz CT molecular complexity index is 253. The average molecular weight is 148 g/mol. The highest BCUT2D eigenvalue weighted by atomic mass is 15.0. The number of nitrogens with one attached hydrogen (secondary N) is 1. The van der Waals surface area contributed by atoms with E-state index in [1.807, 2.05) is 13.0 Å². The monoisotopic (exact) mass is 148 g/mol. The van der Waals surface area contributed by atoms with Crippen LogP contribution in [0, 0.1) is 6.92 Å². The molecule has 1 N–H and O–H groups in total. The van der Waals surface area contributed by atoms with Crippen LogP contribution in [-0.4, -0.2) is 11.5 Å². The predicted octanol–water partition coefficient (Wildman–Crippen LogP) is 1.42. The minimum Gasteiger partial charge on any atom is -0.309 e. The van der Waals surface area contributed by atoms with E-state index in [4.69, 9.17) is 0 Å². The van der Waals surface area contributed by atoms with Crippen LogP contribution in [0.4, 0.5) is 0 Å². The summed E-state index contributed by atoms with van der Waals surface area (Å²) in [6.45, 7) is 3.17. The minimum atomic E-state index is 0.523. The molecule has 1 aliphatic rings. The van der Waals surface area contributed by atoms with Crippen LogP contribution in [0.15, 0.2) is 18.2 Å². The fourth-order valence-electron chi connectivity index (χ4n) is 1.30. The fourth-order valence-corrected chi connectivity index (χ4v) is 1.30. The van der Waals surface area contributed by atoms with Gasteiger partial charge in [-0.05, 0) is 32.0 Å². The van der Waals surface area contributed by atoms with Gasteiger partial charge in [-0.15, -0.1) is 0 Å². The van der Waals surface area contributed by atoms with Crippen molar-refractivity contribution in [1.29, 1.82) is 0 Å². The molecule has 0 saturated carbocycles. The fraction of sp³-hybridized carbons (Fsp3) is 0.444. The van der Waals surface area contributed by atoms with Gasteiger partial charge in [0.25, 0.3) is 0 Å². The van der Waals surface area contributed by atoms with E-state index >= 15 is 0 Å². The molecule has 2 heteroatoms. The average Bonchev–Trinajstić information content (AvgIpc) is 1.83. The predicted molar refractivity (Wildman–Crippen MR) is 44.3 cm³/mol. The molecule has 2 rings (SSSR count). The Labute approximate surface area is 66.7 Å². The third-order valence-electron chi connectivity index (χ3n) is 2.09. The van der Waals surface area contributed by atoms with Gasteiger partial charge >= 0.3 is 0 Å². The SMILES string of the molecule is Cc1cccc(C2CCN2)n1. The molecule has 58 valence electrons. The second-order valence-corrected chi connectivity index (χ2v) is 3.00. The number of aryl methyl sites for hydroxylation is 1. The Morgan fingerprint density at radius 3 is 2.91 bits per heavy atom. The lowest BCUT2D eigenvalue weighted by Gasteiger charge is -2.27. The van der Waals surface area contributed by atoms with Gasteiger partial charge < -0.3 is 5.32 Å². The maximum atomic E-state index is 4.43. The van der Waals surface area contributed by atoms with E-state index in [0.717, 1.165) is 12.2 Å². The van der Waals surface area contributed by atoms with Crippen molar-refractivity contribution in [2.75, 3.05) is 6.54 Å². The van der Waals surface area contributed by atoms with Crippen molar-refractivity contribution in [2.45, 2.75) is 19.4 Å². The van der Waals surface area contributed by atoms with Gasteiger partial charge in [0, 0.05) is 5.69 Å². The second-order valence-electron chi connectivity index (χ2n) is 3.00. The smallest absolute Gasteiger partial charge is 0.0576 e. The Kier molecular flexibility index (Phi) is 1.62. The molecule has 1 unspecified atom stereocenters. The number of nitrogens with zero attached hydrogens (tertiary/aromatic N) is 1. The van der Waals surface area contributed by atoms with Crippen LogP contribution in [0.2, 0.25) is 0 Å². The molecule has 1 aliphatic heterocycles. The molecule has 1 atom stereocenters. The number of rotatable bonds is 1. The molecule has 2 heterocycles. The summed E-state index contributed by atoms with van der Waals surface area (Å²) in [5.41, 5.74) is 2.30. The molecule has 2 nitrogen and oxygen atoms in total. The van der Waals surface area contributed by atoms with Crippen molar-refractivity contribution >= 4 is 0 Å². The Hall–Kier alpha value is -0.890. The van der Waals surface area contributed by atoms with E-state index in [1.54, 1.807) is 0 Å². The van der Waals surface area contributed by atoms with Crippen LogP contribution >= 0.6 is 0 Å². The zero-order valence-electron chi connectivity index (χ0n) is 6.67. The Morgan fingerprint density at radius 2 is 2.36 bits per heavy atom. The number of hydrogen-bond donors (Lipinski definition) is 1. The van der Waals surface area contributed by atoms with Crippen LogP contribution in [-0.2, 0) is 0 Å². The van der Waals surface area contributed by atoms with Gasteiger partial charge in [0.05, 0.1) is 11.7 Å². The molecule has 1 fully saturated rings. The molecular weight excluding hydrogens is 136 g/mol. The van der Waals surface area contributed by atoms with Crippen molar-refractivity contribution in [2.24, 2.45) is 0 Å². The summed E-state index contributed by atoms with van der Waals surface area (Å²) < 4.78 is 0. The van der Waals surface area contributed by atoms with Gasteiger partial charge in [0.1, 0.15) is 0 Å². The molecule has 0 aromatic carbocycles. The molecule has 11 heavy (non-hydrogen) atoms. The Morgan fingerprint density at radius 1 is 1.55 bits per heavy atom. The molecule has 0 aliphatic carbocycles. The number of aromatic nitrogens is 1. The molecule has 0 amide bonds. The van der Waals surface area contributed by atoms with E-state index in [2.05, 4.69) is 22.4 Å². The number of hydrogen-bond acceptors (Lipinski definition) is 2. The maximum Gasteiger partial charge on any atom is 0.0576 e. The van der Waals surface area contributed by atoms with Crippen LogP contribution in [0.5, 0.6) is 0 Å². The summed E-state index contributed by atoms with van der Waals surface area (Å²) in [6.07, 6.45) is 1.23. The van der Waals surface area contributed by atoms with Crippen molar-refractivity contribution < 1.29 is 0 Å². The van der Waals surface area contributed by atoms with Gasteiger partial charge in [-0.25, -0.2) is 0 Å². The summed E-state index contributed by atoms with van der Waals surface area (Å²) in [5.74, 6) is 0. The van der Waals surface area contributed by atoms with Gasteiger partial charge in [-0.3, -0.25) is 4.98 Å². The van der Waals surface area contributed by atoms with E-state index in [0.29, 0.717) is 6.04 Å². The van der Waals surface area contributed by atoms with Crippen molar-refractivity contribution in [3.8, 4) is 0 Å². The van der Waals surface area contributed by atoms with Crippen LogP contribution < -0.4 is 5.32 Å². The second kappa shape index (κ2) is 2.62. The van der Waals surface area contributed by atoms with Crippen LogP contribution in [0.1, 0.15) is 23.9 Å². The Balaban J connectivity index is 2.23. The quantitative estimate of drug-likeness (QED) is 0.651. The lowest BCUT2D eigenvalue weighted by molar-refractivity contribution is 0.375. The highest BCUT2D eigenvalue weighted by molar-refractivity contribution is 5.15. The first-order valence-corrected chi connectivity index (χ1v) is 4.03. The third-order valence-corrected chi connectivity index (χ3v) is 2.09. The summed E-state index contributed by atoms with van der Waals surface area (Å²) >= 11 is 0. The molecule has 0 spiro atoms. The van der Waals surface area contributed by atoms with E-state index < -0.39 is 0 Å². The lowest BCUT2D eigenvalue weighted by Crippen LogP contribution is -2.35. The zero-order chi connectivity index (χ0) is 7.68. The summed E-state index contributed by atoms with van der Waals surface area (Å²) in [7, 11) is 0. The van der Waals surface area contributed by atoms with Crippen molar-refractivity contribution in [1.82, 2.24) is 10.3 Å². The van der Waals surface area contributed by atoms with Gasteiger partial charge in [0.15, 0.2) is 0 Å². The zero-order valence-corrected chi connectivity index (χ0v) is 6.67.